The van der Waals surface area contributed by atoms with Crippen LogP contribution in [0.25, 0.3) is 16.6 Å². The molecule has 0 spiro atoms. The van der Waals surface area contributed by atoms with Crippen molar-refractivity contribution in [2.24, 2.45) is 0 Å². The summed E-state index contributed by atoms with van der Waals surface area (Å²) in [5.41, 5.74) is 0.582. The van der Waals surface area contributed by atoms with Crippen LogP contribution in [-0.4, -0.2) is 44.5 Å². The van der Waals surface area contributed by atoms with Crippen LogP contribution in [0.15, 0.2) is 47.3 Å². The Morgan fingerprint density at radius 1 is 1.19 bits per heavy atom. The predicted molar refractivity (Wildman–Crippen MR) is 121 cm³/mol. The van der Waals surface area contributed by atoms with Crippen molar-refractivity contribution in [2.45, 2.75) is 26.0 Å². The molecule has 11 heteroatoms. The van der Waals surface area contributed by atoms with Crippen molar-refractivity contribution in [2.75, 3.05) is 11.9 Å². The largest absolute Gasteiger partial charge is 0.465 e. The molecule has 3 aromatic rings. The van der Waals surface area contributed by atoms with E-state index in [1.54, 1.807) is 56.3 Å². The zero-order chi connectivity index (χ0) is 23.4. The minimum atomic E-state index is -1.27. The summed E-state index contributed by atoms with van der Waals surface area (Å²) in [6.45, 7) is 3.17. The van der Waals surface area contributed by atoms with E-state index >= 15 is 0 Å². The molecule has 0 aliphatic carbocycles. The van der Waals surface area contributed by atoms with Crippen LogP contribution in [0.4, 0.5) is 15.3 Å². The van der Waals surface area contributed by atoms with E-state index in [4.69, 9.17) is 16.7 Å². The number of amides is 3. The van der Waals surface area contributed by atoms with Gasteiger partial charge in [0, 0.05) is 12.2 Å². The Labute approximate surface area is 187 Å². The Hall–Kier alpha value is -3.63. The molecule has 2 unspecified atom stereocenters. The Kier molecular flexibility index (Phi) is 6.96. The fraction of sp³-hybridized carbons (Fsp3) is 0.238. The Morgan fingerprint density at radius 2 is 1.91 bits per heavy atom. The van der Waals surface area contributed by atoms with Gasteiger partial charge in [0.15, 0.2) is 0 Å². The molecular weight excluding hydrogens is 438 g/mol. The fourth-order valence-electron chi connectivity index (χ4n) is 3.14. The zero-order valence-electron chi connectivity index (χ0n) is 17.3. The van der Waals surface area contributed by atoms with Crippen molar-refractivity contribution >= 4 is 40.3 Å². The summed E-state index contributed by atoms with van der Waals surface area (Å²) in [6, 6.07) is 9.90. The van der Waals surface area contributed by atoms with Gasteiger partial charge in [-0.2, -0.15) is 0 Å². The molecule has 0 aliphatic rings. The van der Waals surface area contributed by atoms with Gasteiger partial charge in [-0.05, 0) is 44.2 Å². The minimum Gasteiger partial charge on any atom is -0.465 e. The van der Waals surface area contributed by atoms with E-state index in [1.165, 1.54) is 4.57 Å². The molecule has 0 saturated heterocycles. The van der Waals surface area contributed by atoms with Crippen LogP contribution in [0, 0.1) is 0 Å². The van der Waals surface area contributed by atoms with E-state index in [2.05, 4.69) is 20.9 Å². The van der Waals surface area contributed by atoms with Gasteiger partial charge in [0.1, 0.15) is 5.82 Å². The van der Waals surface area contributed by atoms with E-state index < -0.39 is 29.8 Å². The highest BCUT2D eigenvalue weighted by atomic mass is 35.5. The van der Waals surface area contributed by atoms with Crippen LogP contribution in [-0.2, 0) is 0 Å². The van der Waals surface area contributed by atoms with Gasteiger partial charge in [-0.1, -0.05) is 23.7 Å². The Bertz CT molecular complexity index is 1230. The number of carbonyl (C=O) groups excluding carboxylic acids is 1. The normalized spacial score (nSPS) is 12.8. The van der Waals surface area contributed by atoms with E-state index in [-0.39, 0.29) is 22.8 Å². The first-order valence-corrected chi connectivity index (χ1v) is 10.1. The second kappa shape index (κ2) is 9.67. The molecule has 0 aliphatic heterocycles. The lowest BCUT2D eigenvalue weighted by Gasteiger charge is -2.19. The third-order valence-electron chi connectivity index (χ3n) is 4.52. The van der Waals surface area contributed by atoms with Crippen LogP contribution in [0.2, 0.25) is 5.02 Å². The first kappa shape index (κ1) is 23.0. The van der Waals surface area contributed by atoms with Crippen molar-refractivity contribution in [3.63, 3.8) is 0 Å². The molecule has 168 valence electrons. The summed E-state index contributed by atoms with van der Waals surface area (Å²) in [4.78, 5) is 41.1. The third-order valence-corrected chi connectivity index (χ3v) is 4.84. The molecule has 3 amide bonds. The maximum absolute atomic E-state index is 13.4. The third kappa shape index (κ3) is 5.16. The molecule has 10 nitrogen and oxygen atoms in total. The van der Waals surface area contributed by atoms with Crippen molar-refractivity contribution < 1.29 is 19.8 Å². The molecule has 2 aromatic carbocycles. The molecule has 1 aromatic heterocycles. The molecule has 0 fully saturated rings. The number of hydrogen-bond donors (Lipinski definition) is 5. The first-order valence-electron chi connectivity index (χ1n) is 9.71. The number of anilines is 1. The highest BCUT2D eigenvalue weighted by Gasteiger charge is 2.20. The number of aliphatic hydroxyl groups is 1. The van der Waals surface area contributed by atoms with Crippen LogP contribution in [0.3, 0.4) is 0 Å². The fourth-order valence-corrected chi connectivity index (χ4v) is 3.39. The van der Waals surface area contributed by atoms with Crippen molar-refractivity contribution in [1.29, 1.82) is 0 Å². The number of fused-ring (bicyclic) bond motifs is 1. The van der Waals surface area contributed by atoms with Gasteiger partial charge in [-0.3, -0.25) is 9.36 Å². The molecular formula is C21H22ClN5O5. The number of nitrogens with one attached hydrogen (secondary N) is 3. The summed E-state index contributed by atoms with van der Waals surface area (Å²) < 4.78 is 1.26. The quantitative estimate of drug-likeness (QED) is 0.383. The number of hydrogen-bond acceptors (Lipinski definition) is 5. The molecule has 3 rings (SSSR count). The molecule has 32 heavy (non-hydrogen) atoms. The van der Waals surface area contributed by atoms with Gasteiger partial charge < -0.3 is 26.2 Å². The SMILES string of the molecule is CC(O)CNC(=O)Nc1cccc(-n2c(C(C)NC(=O)O)nc3cccc(Cl)c3c2=O)c1. The Balaban J connectivity index is 2.12. The van der Waals surface area contributed by atoms with Crippen molar-refractivity contribution in [1.82, 2.24) is 20.2 Å². The number of urea groups is 1. The highest BCUT2D eigenvalue weighted by molar-refractivity contribution is 6.35. The van der Waals surface area contributed by atoms with Crippen LogP contribution >= 0.6 is 11.6 Å². The number of rotatable bonds is 6. The Morgan fingerprint density at radius 3 is 2.59 bits per heavy atom. The summed E-state index contributed by atoms with van der Waals surface area (Å²) in [7, 11) is 0. The summed E-state index contributed by atoms with van der Waals surface area (Å²) in [6.07, 6.45) is -1.97. The van der Waals surface area contributed by atoms with E-state index in [0.717, 1.165) is 0 Å². The monoisotopic (exact) mass is 459 g/mol. The van der Waals surface area contributed by atoms with Crippen LogP contribution in [0.1, 0.15) is 25.7 Å². The van der Waals surface area contributed by atoms with Gasteiger partial charge in [0.05, 0.1) is 33.8 Å². The number of aromatic nitrogens is 2. The van der Waals surface area contributed by atoms with Gasteiger partial charge >= 0.3 is 12.1 Å². The maximum Gasteiger partial charge on any atom is 0.405 e. The smallest absolute Gasteiger partial charge is 0.405 e. The lowest BCUT2D eigenvalue weighted by molar-refractivity contribution is 0.190. The van der Waals surface area contributed by atoms with Crippen molar-refractivity contribution in [3.8, 4) is 5.69 Å². The number of halogens is 1. The van der Waals surface area contributed by atoms with E-state index in [0.29, 0.717) is 16.9 Å². The van der Waals surface area contributed by atoms with E-state index in [9.17, 15) is 19.5 Å². The lowest BCUT2D eigenvalue weighted by Crippen LogP contribution is -2.34. The first-order chi connectivity index (χ1) is 15.2. The molecule has 1 heterocycles. The molecule has 0 bridgehead atoms. The average Bonchev–Trinajstić information content (AvgIpc) is 2.71. The molecule has 5 N–H and O–H groups in total. The van der Waals surface area contributed by atoms with E-state index in [1.807, 2.05) is 0 Å². The standard InChI is InChI=1S/C21H22ClN5O5/c1-11(28)10-23-20(30)25-13-5-3-6-14(9-13)27-18(12(2)24-21(31)32)26-16-8-4-7-15(22)17(16)19(27)29/h3-9,11-12,24,28H,10H2,1-2H3,(H,31,32)(H2,23,25,30). The number of carbonyl (C=O) groups is 2. The number of carboxylic acid groups (broad SMARTS) is 1. The topological polar surface area (TPSA) is 146 Å². The molecule has 0 saturated carbocycles. The number of aliphatic hydroxyl groups excluding tert-OH is 1. The van der Waals surface area contributed by atoms with Crippen LogP contribution in [0.5, 0.6) is 0 Å². The highest BCUT2D eigenvalue weighted by Crippen LogP contribution is 2.24. The van der Waals surface area contributed by atoms with Crippen LogP contribution < -0.4 is 21.5 Å². The number of nitrogens with zero attached hydrogens (tertiary/aromatic N) is 2. The second-order valence-corrected chi connectivity index (χ2v) is 7.56. The number of benzene rings is 2. The lowest BCUT2D eigenvalue weighted by atomic mass is 10.2. The molecule has 2 atom stereocenters. The zero-order valence-corrected chi connectivity index (χ0v) is 18.1. The maximum atomic E-state index is 13.4. The summed E-state index contributed by atoms with van der Waals surface area (Å²) >= 11 is 6.25. The van der Waals surface area contributed by atoms with Gasteiger partial charge in [0.25, 0.3) is 5.56 Å². The summed E-state index contributed by atoms with van der Waals surface area (Å²) in [5, 5.41) is 26.3. The predicted octanol–water partition coefficient (Wildman–Crippen LogP) is 2.87. The minimum absolute atomic E-state index is 0.0700. The van der Waals surface area contributed by atoms with Gasteiger partial charge in [-0.15, -0.1) is 0 Å². The molecule has 0 radical (unpaired) electrons. The second-order valence-electron chi connectivity index (χ2n) is 7.15. The van der Waals surface area contributed by atoms with Gasteiger partial charge in [0.2, 0.25) is 0 Å². The average molecular weight is 460 g/mol. The van der Waals surface area contributed by atoms with Gasteiger partial charge in [-0.25, -0.2) is 14.6 Å². The van der Waals surface area contributed by atoms with Crippen molar-refractivity contribution in [3.05, 3.63) is 63.7 Å². The summed E-state index contributed by atoms with van der Waals surface area (Å²) in [5.74, 6) is 0.155.